The van der Waals surface area contributed by atoms with Gasteiger partial charge in [-0.15, -0.1) is 0 Å². The normalized spacial score (nSPS) is 12.6. The third-order valence-corrected chi connectivity index (χ3v) is 2.82. The Hall–Kier alpha value is -1.13. The van der Waals surface area contributed by atoms with E-state index < -0.39 is 6.10 Å². The zero-order chi connectivity index (χ0) is 13.0. The van der Waals surface area contributed by atoms with Crippen LogP contribution in [0, 0.1) is 12.7 Å². The summed E-state index contributed by atoms with van der Waals surface area (Å²) >= 11 is 0. The van der Waals surface area contributed by atoms with E-state index in [1.807, 2.05) is 11.9 Å². The quantitative estimate of drug-likeness (QED) is 0.828. The molecule has 0 aliphatic rings. The molecular weight excluding hydrogens is 221 g/mol. The second-order valence-electron chi connectivity index (χ2n) is 4.33. The van der Waals surface area contributed by atoms with Crippen molar-refractivity contribution in [1.29, 1.82) is 0 Å². The van der Waals surface area contributed by atoms with E-state index in [-0.39, 0.29) is 12.4 Å². The molecule has 1 aromatic rings. The van der Waals surface area contributed by atoms with E-state index in [1.165, 1.54) is 6.07 Å². The first-order valence-electron chi connectivity index (χ1n) is 5.77. The van der Waals surface area contributed by atoms with Crippen LogP contribution in [-0.2, 0) is 0 Å². The molecule has 0 heterocycles. The summed E-state index contributed by atoms with van der Waals surface area (Å²) in [5.41, 5.74) is 1.95. The molecule has 3 nitrogen and oxygen atoms in total. The second-order valence-corrected chi connectivity index (χ2v) is 4.33. The summed E-state index contributed by atoms with van der Waals surface area (Å²) in [5.74, 6) is -0.305. The first kappa shape index (κ1) is 13.9. The van der Waals surface area contributed by atoms with E-state index in [0.717, 1.165) is 5.69 Å². The Morgan fingerprint density at radius 3 is 2.59 bits per heavy atom. The third kappa shape index (κ3) is 3.41. The monoisotopic (exact) mass is 241 g/mol. The highest BCUT2D eigenvalue weighted by atomic mass is 19.1. The molecule has 96 valence electrons. The molecule has 0 saturated carbocycles. The minimum Gasteiger partial charge on any atom is -0.396 e. The number of aliphatic hydroxyl groups excluding tert-OH is 2. The lowest BCUT2D eigenvalue weighted by Gasteiger charge is -2.24. The van der Waals surface area contributed by atoms with Crippen molar-refractivity contribution >= 4 is 5.69 Å². The predicted molar refractivity (Wildman–Crippen MR) is 66.7 cm³/mol. The van der Waals surface area contributed by atoms with E-state index in [1.54, 1.807) is 19.9 Å². The molecule has 17 heavy (non-hydrogen) atoms. The number of benzene rings is 1. The fraction of sp³-hybridized carbons (Fsp3) is 0.538. The molecule has 0 amide bonds. The van der Waals surface area contributed by atoms with Gasteiger partial charge in [0.25, 0.3) is 0 Å². The highest BCUT2D eigenvalue weighted by molar-refractivity contribution is 5.56. The average Bonchev–Trinajstić information content (AvgIpc) is 2.28. The Labute approximate surface area is 101 Å². The van der Waals surface area contributed by atoms with Crippen molar-refractivity contribution in [3.8, 4) is 0 Å². The first-order chi connectivity index (χ1) is 7.97. The molecule has 0 spiro atoms. The molecule has 0 radical (unpaired) electrons. The number of anilines is 1. The summed E-state index contributed by atoms with van der Waals surface area (Å²) in [6.45, 7) is 4.11. The van der Waals surface area contributed by atoms with Crippen LogP contribution in [0.25, 0.3) is 0 Å². The minimum absolute atomic E-state index is 0.120. The molecule has 0 aliphatic carbocycles. The second kappa shape index (κ2) is 5.98. The maximum absolute atomic E-state index is 13.5. The van der Waals surface area contributed by atoms with Gasteiger partial charge in [-0.05, 0) is 38.0 Å². The SMILES string of the molecule is Cc1cc(N(C)CCCO)c([C@H](C)O)cc1F. The van der Waals surface area contributed by atoms with Crippen LogP contribution in [0.4, 0.5) is 10.1 Å². The lowest BCUT2D eigenvalue weighted by Crippen LogP contribution is -2.21. The Morgan fingerprint density at radius 2 is 2.06 bits per heavy atom. The van der Waals surface area contributed by atoms with Gasteiger partial charge in [-0.2, -0.15) is 0 Å². The molecule has 0 bridgehead atoms. The van der Waals surface area contributed by atoms with Crippen molar-refractivity contribution in [2.75, 3.05) is 25.1 Å². The Kier molecular flexibility index (Phi) is 4.90. The third-order valence-electron chi connectivity index (χ3n) is 2.82. The molecule has 0 unspecified atom stereocenters. The Morgan fingerprint density at radius 1 is 1.41 bits per heavy atom. The summed E-state index contributed by atoms with van der Waals surface area (Å²) < 4.78 is 13.5. The van der Waals surface area contributed by atoms with Crippen molar-refractivity contribution in [2.24, 2.45) is 0 Å². The lowest BCUT2D eigenvalue weighted by molar-refractivity contribution is 0.199. The first-order valence-corrected chi connectivity index (χ1v) is 5.77. The fourth-order valence-corrected chi connectivity index (χ4v) is 1.78. The van der Waals surface area contributed by atoms with Crippen LogP contribution in [0.15, 0.2) is 12.1 Å². The van der Waals surface area contributed by atoms with E-state index in [2.05, 4.69) is 0 Å². The summed E-state index contributed by atoms with van der Waals surface area (Å²) in [4.78, 5) is 1.92. The van der Waals surface area contributed by atoms with Gasteiger partial charge < -0.3 is 15.1 Å². The molecule has 1 rings (SSSR count). The smallest absolute Gasteiger partial charge is 0.126 e. The van der Waals surface area contributed by atoms with Crippen LogP contribution in [-0.4, -0.2) is 30.4 Å². The molecular formula is C13H20FNO2. The van der Waals surface area contributed by atoms with Crippen LogP contribution < -0.4 is 4.90 Å². The minimum atomic E-state index is -0.711. The topological polar surface area (TPSA) is 43.7 Å². The molecule has 4 heteroatoms. The molecule has 0 aromatic heterocycles. The van der Waals surface area contributed by atoms with E-state index in [4.69, 9.17) is 5.11 Å². The largest absolute Gasteiger partial charge is 0.396 e. The number of halogens is 1. The standard InChI is InChI=1S/C13H20FNO2/c1-9-7-13(15(3)5-4-6-16)11(10(2)17)8-12(9)14/h7-8,10,16-17H,4-6H2,1-3H3/t10-/m0/s1. The van der Waals surface area contributed by atoms with Gasteiger partial charge in [-0.1, -0.05) is 0 Å². The Balaban J connectivity index is 3.07. The van der Waals surface area contributed by atoms with Crippen LogP contribution in [0.1, 0.15) is 30.6 Å². The fourth-order valence-electron chi connectivity index (χ4n) is 1.78. The summed E-state index contributed by atoms with van der Waals surface area (Å²) in [6, 6.07) is 3.11. The van der Waals surface area contributed by atoms with Crippen LogP contribution in [0.3, 0.4) is 0 Å². The lowest BCUT2D eigenvalue weighted by atomic mass is 10.0. The molecule has 0 saturated heterocycles. The van der Waals surface area contributed by atoms with Crippen molar-refractivity contribution in [3.63, 3.8) is 0 Å². The van der Waals surface area contributed by atoms with Crippen molar-refractivity contribution < 1.29 is 14.6 Å². The van der Waals surface area contributed by atoms with Gasteiger partial charge in [0.1, 0.15) is 5.82 Å². The van der Waals surface area contributed by atoms with Crippen molar-refractivity contribution in [2.45, 2.75) is 26.4 Å². The zero-order valence-electron chi connectivity index (χ0n) is 10.6. The predicted octanol–water partition coefficient (Wildman–Crippen LogP) is 2.01. The number of aliphatic hydroxyl groups is 2. The van der Waals surface area contributed by atoms with Gasteiger partial charge in [0.2, 0.25) is 0 Å². The maximum Gasteiger partial charge on any atom is 0.126 e. The van der Waals surface area contributed by atoms with E-state index in [0.29, 0.717) is 24.1 Å². The summed E-state index contributed by atoms with van der Waals surface area (Å²) in [6.07, 6.45) is -0.0664. The van der Waals surface area contributed by atoms with Crippen LogP contribution in [0.5, 0.6) is 0 Å². The molecule has 1 aromatic carbocycles. The average molecular weight is 241 g/mol. The van der Waals surface area contributed by atoms with Gasteiger partial charge in [0.15, 0.2) is 0 Å². The zero-order valence-corrected chi connectivity index (χ0v) is 10.6. The summed E-state index contributed by atoms with van der Waals surface area (Å²) in [7, 11) is 1.87. The number of rotatable bonds is 5. The number of nitrogens with zero attached hydrogens (tertiary/aromatic N) is 1. The highest BCUT2D eigenvalue weighted by Crippen LogP contribution is 2.28. The molecule has 0 aliphatic heterocycles. The van der Waals surface area contributed by atoms with Gasteiger partial charge in [0, 0.05) is 31.5 Å². The van der Waals surface area contributed by atoms with Crippen molar-refractivity contribution in [1.82, 2.24) is 0 Å². The summed E-state index contributed by atoms with van der Waals surface area (Å²) in [5, 5.41) is 18.5. The molecule has 2 N–H and O–H groups in total. The Bertz CT molecular complexity index is 380. The van der Waals surface area contributed by atoms with Gasteiger partial charge in [-0.3, -0.25) is 0 Å². The van der Waals surface area contributed by atoms with E-state index in [9.17, 15) is 9.50 Å². The highest BCUT2D eigenvalue weighted by Gasteiger charge is 2.14. The number of aryl methyl sites for hydroxylation is 1. The van der Waals surface area contributed by atoms with Crippen LogP contribution in [0.2, 0.25) is 0 Å². The van der Waals surface area contributed by atoms with E-state index >= 15 is 0 Å². The number of hydrogen-bond donors (Lipinski definition) is 2. The van der Waals surface area contributed by atoms with Crippen LogP contribution >= 0.6 is 0 Å². The number of hydrogen-bond acceptors (Lipinski definition) is 3. The van der Waals surface area contributed by atoms with Crippen molar-refractivity contribution in [3.05, 3.63) is 29.1 Å². The maximum atomic E-state index is 13.5. The van der Waals surface area contributed by atoms with Gasteiger partial charge >= 0.3 is 0 Å². The van der Waals surface area contributed by atoms with Gasteiger partial charge in [0.05, 0.1) is 6.10 Å². The van der Waals surface area contributed by atoms with Gasteiger partial charge in [-0.25, -0.2) is 4.39 Å². The molecule has 0 fully saturated rings. The molecule has 1 atom stereocenters.